The molecule has 1 saturated carbocycles. The van der Waals surface area contributed by atoms with Crippen LogP contribution in [0.25, 0.3) is 10.2 Å². The number of amides is 2. The molecule has 3 aromatic rings. The van der Waals surface area contributed by atoms with Gasteiger partial charge in [0.05, 0.1) is 13.7 Å². The Morgan fingerprint density at radius 3 is 2.68 bits per heavy atom. The molecule has 1 aliphatic heterocycles. The van der Waals surface area contributed by atoms with Gasteiger partial charge in [0.2, 0.25) is 5.91 Å². The lowest BCUT2D eigenvalue weighted by Gasteiger charge is -2.44. The Balaban J connectivity index is 1.53. The summed E-state index contributed by atoms with van der Waals surface area (Å²) in [6, 6.07) is 11.9. The standard InChI is InChI=1S/C24H27N3O3S/c1-24(23(29)25-18-5-3-4-6-18)15-26-20(13-17-11-12-31-22(17)26)21(28)27(24)14-16-7-9-19(30-2)10-8-16/h7-13,18H,3-6,14-15H2,1-2H3,(H,25,29)/t24-/m1/s1. The van der Waals surface area contributed by atoms with Crippen LogP contribution in [0, 0.1) is 0 Å². The Labute approximate surface area is 185 Å². The van der Waals surface area contributed by atoms with Gasteiger partial charge < -0.3 is 19.5 Å². The zero-order valence-electron chi connectivity index (χ0n) is 17.9. The molecule has 2 amide bonds. The molecule has 0 radical (unpaired) electrons. The first-order valence-corrected chi connectivity index (χ1v) is 11.7. The predicted octanol–water partition coefficient (Wildman–Crippen LogP) is 4.18. The van der Waals surface area contributed by atoms with Crippen LogP contribution in [0.2, 0.25) is 0 Å². The van der Waals surface area contributed by atoms with Crippen LogP contribution in [0.1, 0.15) is 48.7 Å². The molecule has 0 saturated heterocycles. The fraction of sp³-hybridized carbons (Fsp3) is 0.417. The van der Waals surface area contributed by atoms with E-state index in [0.717, 1.165) is 47.2 Å². The second-order valence-corrected chi connectivity index (χ2v) is 9.66. The van der Waals surface area contributed by atoms with Crippen LogP contribution in [0.4, 0.5) is 0 Å². The van der Waals surface area contributed by atoms with Crippen LogP contribution in [-0.2, 0) is 17.9 Å². The second kappa shape index (κ2) is 7.71. The molecule has 0 bridgehead atoms. The zero-order chi connectivity index (χ0) is 21.6. The first kappa shape index (κ1) is 20.1. The molecule has 31 heavy (non-hydrogen) atoms. The lowest BCUT2D eigenvalue weighted by molar-refractivity contribution is -0.133. The van der Waals surface area contributed by atoms with E-state index < -0.39 is 5.54 Å². The molecule has 1 atom stereocenters. The minimum absolute atomic E-state index is 0.0645. The van der Waals surface area contributed by atoms with Gasteiger partial charge in [0.1, 0.15) is 21.8 Å². The summed E-state index contributed by atoms with van der Waals surface area (Å²) in [7, 11) is 1.63. The van der Waals surface area contributed by atoms with Crippen LogP contribution in [0.5, 0.6) is 5.75 Å². The van der Waals surface area contributed by atoms with E-state index in [1.54, 1.807) is 23.3 Å². The molecular weight excluding hydrogens is 410 g/mol. The molecule has 1 aromatic carbocycles. The quantitative estimate of drug-likeness (QED) is 0.651. The van der Waals surface area contributed by atoms with Gasteiger partial charge >= 0.3 is 0 Å². The Kier molecular flexibility index (Phi) is 5.01. The number of methoxy groups -OCH3 is 1. The molecule has 7 heteroatoms. The topological polar surface area (TPSA) is 63.6 Å². The van der Waals surface area contributed by atoms with Crippen molar-refractivity contribution in [2.75, 3.05) is 7.11 Å². The van der Waals surface area contributed by atoms with Gasteiger partial charge in [-0.1, -0.05) is 25.0 Å². The second-order valence-electron chi connectivity index (χ2n) is 8.76. The van der Waals surface area contributed by atoms with Gasteiger partial charge in [-0.05, 0) is 55.0 Å². The summed E-state index contributed by atoms with van der Waals surface area (Å²) < 4.78 is 7.29. The number of hydrogen-bond donors (Lipinski definition) is 1. The van der Waals surface area contributed by atoms with Crippen LogP contribution in [-0.4, -0.2) is 40.0 Å². The van der Waals surface area contributed by atoms with Gasteiger partial charge in [0.15, 0.2) is 0 Å². The first-order chi connectivity index (χ1) is 15.0. The number of hydrogen-bond acceptors (Lipinski definition) is 4. The smallest absolute Gasteiger partial charge is 0.271 e. The largest absolute Gasteiger partial charge is 0.497 e. The number of carbonyl (C=O) groups is 2. The van der Waals surface area contributed by atoms with Gasteiger partial charge in [0, 0.05) is 18.0 Å². The third kappa shape index (κ3) is 3.41. The molecule has 3 heterocycles. The van der Waals surface area contributed by atoms with Gasteiger partial charge in [-0.2, -0.15) is 0 Å². The third-order valence-electron chi connectivity index (χ3n) is 6.71. The van der Waals surface area contributed by atoms with Crippen molar-refractivity contribution in [1.82, 2.24) is 14.8 Å². The molecule has 5 rings (SSSR count). The van der Waals surface area contributed by atoms with Gasteiger partial charge in [-0.15, -0.1) is 11.3 Å². The zero-order valence-corrected chi connectivity index (χ0v) is 18.7. The SMILES string of the molecule is COc1ccc(CN2C(=O)c3cc4ccsc4n3C[C@]2(C)C(=O)NC2CCCC2)cc1. The Morgan fingerprint density at radius 2 is 1.97 bits per heavy atom. The lowest BCUT2D eigenvalue weighted by Crippen LogP contribution is -2.64. The van der Waals surface area contributed by atoms with E-state index in [2.05, 4.69) is 5.32 Å². The van der Waals surface area contributed by atoms with Crippen molar-refractivity contribution >= 4 is 33.4 Å². The highest BCUT2D eigenvalue weighted by Gasteiger charge is 2.48. The summed E-state index contributed by atoms with van der Waals surface area (Å²) in [5, 5.41) is 6.33. The normalized spacial score (nSPS) is 21.5. The fourth-order valence-corrected chi connectivity index (χ4v) is 5.73. The maximum absolute atomic E-state index is 13.7. The van der Waals surface area contributed by atoms with Crippen LogP contribution >= 0.6 is 11.3 Å². The number of aromatic nitrogens is 1. The number of nitrogens with one attached hydrogen (secondary N) is 1. The maximum atomic E-state index is 13.7. The molecule has 0 unspecified atom stereocenters. The number of benzene rings is 1. The van der Waals surface area contributed by atoms with Crippen molar-refractivity contribution in [3.63, 3.8) is 0 Å². The fourth-order valence-electron chi connectivity index (χ4n) is 4.83. The highest BCUT2D eigenvalue weighted by Crippen LogP contribution is 2.36. The summed E-state index contributed by atoms with van der Waals surface area (Å²) in [5.41, 5.74) is 0.653. The average Bonchev–Trinajstić information content (AvgIpc) is 3.50. The van der Waals surface area contributed by atoms with Gasteiger partial charge in [0.25, 0.3) is 5.91 Å². The van der Waals surface area contributed by atoms with E-state index in [4.69, 9.17) is 4.74 Å². The van der Waals surface area contributed by atoms with E-state index >= 15 is 0 Å². The summed E-state index contributed by atoms with van der Waals surface area (Å²) in [6.07, 6.45) is 4.32. The highest BCUT2D eigenvalue weighted by molar-refractivity contribution is 7.16. The highest BCUT2D eigenvalue weighted by atomic mass is 32.1. The molecular formula is C24H27N3O3S. The Bertz CT molecular complexity index is 1130. The number of rotatable bonds is 5. The maximum Gasteiger partial charge on any atom is 0.271 e. The van der Waals surface area contributed by atoms with Crippen LogP contribution in [0.15, 0.2) is 41.8 Å². The Morgan fingerprint density at radius 1 is 1.23 bits per heavy atom. The van der Waals surface area contributed by atoms with Crippen molar-refractivity contribution in [3.8, 4) is 5.75 Å². The van der Waals surface area contributed by atoms with Crippen LogP contribution in [0.3, 0.4) is 0 Å². The molecule has 0 spiro atoms. The molecule has 1 fully saturated rings. The molecule has 162 valence electrons. The first-order valence-electron chi connectivity index (χ1n) is 10.8. The van der Waals surface area contributed by atoms with Gasteiger partial charge in [-0.3, -0.25) is 9.59 Å². The monoisotopic (exact) mass is 437 g/mol. The average molecular weight is 438 g/mol. The summed E-state index contributed by atoms with van der Waals surface area (Å²) >= 11 is 1.61. The lowest BCUT2D eigenvalue weighted by atomic mass is 9.93. The Hall–Kier alpha value is -2.80. The molecule has 6 nitrogen and oxygen atoms in total. The summed E-state index contributed by atoms with van der Waals surface area (Å²) in [4.78, 5) is 30.1. The van der Waals surface area contributed by atoms with E-state index in [1.807, 2.05) is 53.3 Å². The minimum Gasteiger partial charge on any atom is -0.497 e. The van der Waals surface area contributed by atoms with E-state index in [1.165, 1.54) is 0 Å². The van der Waals surface area contributed by atoms with E-state index in [9.17, 15) is 9.59 Å². The van der Waals surface area contributed by atoms with Crippen molar-refractivity contribution in [1.29, 1.82) is 0 Å². The van der Waals surface area contributed by atoms with Crippen molar-refractivity contribution < 1.29 is 14.3 Å². The number of ether oxygens (including phenoxy) is 1. The van der Waals surface area contributed by atoms with Crippen molar-refractivity contribution in [2.45, 2.75) is 57.3 Å². The molecule has 1 aliphatic carbocycles. The van der Waals surface area contributed by atoms with E-state index in [0.29, 0.717) is 18.8 Å². The predicted molar refractivity (Wildman–Crippen MR) is 121 cm³/mol. The van der Waals surface area contributed by atoms with Crippen LogP contribution < -0.4 is 10.1 Å². The number of fused-ring (bicyclic) bond motifs is 3. The van der Waals surface area contributed by atoms with Crippen molar-refractivity contribution in [3.05, 3.63) is 53.0 Å². The third-order valence-corrected chi connectivity index (χ3v) is 7.66. The molecule has 1 N–H and O–H groups in total. The molecule has 2 aliphatic rings. The van der Waals surface area contributed by atoms with Gasteiger partial charge in [-0.25, -0.2) is 0 Å². The number of nitrogens with zero attached hydrogens (tertiary/aromatic N) is 2. The number of carbonyl (C=O) groups excluding carboxylic acids is 2. The van der Waals surface area contributed by atoms with E-state index in [-0.39, 0.29) is 17.9 Å². The summed E-state index contributed by atoms with van der Waals surface area (Å²) in [6.45, 7) is 2.73. The number of thiophene rings is 1. The molecule has 2 aromatic heterocycles. The minimum atomic E-state index is -0.970. The van der Waals surface area contributed by atoms with Crippen molar-refractivity contribution in [2.24, 2.45) is 0 Å². The summed E-state index contributed by atoms with van der Waals surface area (Å²) in [5.74, 6) is 0.601.